The molecule has 0 bridgehead atoms. The molecule has 1 saturated carbocycles. The number of likely N-dealkylation sites (tertiary alicyclic amines) is 1. The summed E-state index contributed by atoms with van der Waals surface area (Å²) in [7, 11) is 3.47. The van der Waals surface area contributed by atoms with E-state index in [1.807, 2.05) is 12.1 Å². The zero-order valence-electron chi connectivity index (χ0n) is 18.1. The van der Waals surface area contributed by atoms with Crippen LogP contribution in [-0.2, 0) is 11.3 Å². The molecule has 30 heavy (non-hydrogen) atoms. The maximum atomic E-state index is 11.3. The Kier molecular flexibility index (Phi) is 10.0. The van der Waals surface area contributed by atoms with Crippen molar-refractivity contribution in [1.29, 1.82) is 0 Å². The number of benzene rings is 1. The quantitative estimate of drug-likeness (QED) is 0.321. The fourth-order valence-electron chi connectivity index (χ4n) is 4.33. The van der Waals surface area contributed by atoms with Gasteiger partial charge in [0, 0.05) is 33.1 Å². The van der Waals surface area contributed by atoms with Gasteiger partial charge in [-0.15, -0.1) is 24.0 Å². The minimum absolute atomic E-state index is 0. The third-order valence-corrected chi connectivity index (χ3v) is 5.79. The highest BCUT2D eigenvalue weighted by molar-refractivity contribution is 14.0. The Bertz CT molecular complexity index is 722. The van der Waals surface area contributed by atoms with Gasteiger partial charge in [-0.1, -0.05) is 6.07 Å². The van der Waals surface area contributed by atoms with Crippen LogP contribution in [0.1, 0.15) is 50.5 Å². The second kappa shape index (κ2) is 12.2. The number of hydrogen-bond acceptors (Lipinski definition) is 4. The van der Waals surface area contributed by atoms with Crippen molar-refractivity contribution in [1.82, 2.24) is 10.2 Å². The van der Waals surface area contributed by atoms with Crippen LogP contribution in [0.5, 0.6) is 11.5 Å². The van der Waals surface area contributed by atoms with Crippen LogP contribution < -0.4 is 20.5 Å². The molecule has 7 nitrogen and oxygen atoms in total. The molecular weight excluding hydrogens is 495 g/mol. The zero-order chi connectivity index (χ0) is 20.6. The molecule has 1 atom stereocenters. The number of carbonyl (C=O) groups is 1. The molecule has 1 unspecified atom stereocenters. The van der Waals surface area contributed by atoms with Crippen molar-refractivity contribution in [3.8, 4) is 11.5 Å². The van der Waals surface area contributed by atoms with Crippen LogP contribution in [0.25, 0.3) is 0 Å². The van der Waals surface area contributed by atoms with E-state index in [4.69, 9.17) is 15.2 Å². The van der Waals surface area contributed by atoms with Gasteiger partial charge < -0.3 is 25.4 Å². The number of ether oxygens (including phenoxy) is 2. The second-order valence-electron chi connectivity index (χ2n) is 8.04. The summed E-state index contributed by atoms with van der Waals surface area (Å²) < 4.78 is 11.7. The van der Waals surface area contributed by atoms with Gasteiger partial charge in [0.2, 0.25) is 5.91 Å². The van der Waals surface area contributed by atoms with Crippen molar-refractivity contribution < 1.29 is 14.3 Å². The number of nitrogens with two attached hydrogens (primary N) is 1. The monoisotopic (exact) mass is 530 g/mol. The number of amides is 1. The summed E-state index contributed by atoms with van der Waals surface area (Å²) in [5.74, 6) is 2.51. The molecule has 1 saturated heterocycles. The molecule has 1 aliphatic heterocycles. The van der Waals surface area contributed by atoms with Gasteiger partial charge in [0.25, 0.3) is 0 Å². The van der Waals surface area contributed by atoms with E-state index in [0.29, 0.717) is 25.0 Å². The van der Waals surface area contributed by atoms with Crippen molar-refractivity contribution in [2.24, 2.45) is 16.6 Å². The molecule has 1 aliphatic carbocycles. The molecule has 0 radical (unpaired) electrons. The van der Waals surface area contributed by atoms with Gasteiger partial charge in [-0.3, -0.25) is 9.79 Å². The molecule has 3 rings (SSSR count). The molecule has 1 aromatic rings. The minimum atomic E-state index is -0.230. The molecule has 1 aromatic carbocycles. The molecule has 8 heteroatoms. The number of guanidine groups is 1. The molecule has 3 N–H and O–H groups in total. The van der Waals surface area contributed by atoms with E-state index < -0.39 is 0 Å². The number of halogens is 1. The van der Waals surface area contributed by atoms with E-state index in [-0.39, 0.29) is 29.9 Å². The van der Waals surface area contributed by atoms with Gasteiger partial charge >= 0.3 is 0 Å². The lowest BCUT2D eigenvalue weighted by molar-refractivity contribution is -0.119. The van der Waals surface area contributed by atoms with Crippen LogP contribution in [-0.4, -0.2) is 50.1 Å². The highest BCUT2D eigenvalue weighted by atomic mass is 127. The Hall–Kier alpha value is -1.71. The molecule has 2 aliphatic rings. The molecule has 2 fully saturated rings. The predicted octanol–water partition coefficient (Wildman–Crippen LogP) is 3.30. The number of primary amides is 1. The third kappa shape index (κ3) is 6.92. The second-order valence-corrected chi connectivity index (χ2v) is 8.04. The topological polar surface area (TPSA) is 89.2 Å². The highest BCUT2D eigenvalue weighted by Crippen LogP contribution is 2.32. The first-order valence-corrected chi connectivity index (χ1v) is 10.7. The Labute approximate surface area is 196 Å². The fraction of sp³-hybridized carbons (Fsp3) is 0.636. The average molecular weight is 530 g/mol. The van der Waals surface area contributed by atoms with Crippen LogP contribution in [0.3, 0.4) is 0 Å². The van der Waals surface area contributed by atoms with E-state index in [2.05, 4.69) is 21.3 Å². The fourth-order valence-corrected chi connectivity index (χ4v) is 4.33. The summed E-state index contributed by atoms with van der Waals surface area (Å²) in [6, 6.07) is 6.09. The van der Waals surface area contributed by atoms with E-state index >= 15 is 0 Å². The van der Waals surface area contributed by atoms with Crippen molar-refractivity contribution in [2.75, 3.05) is 27.2 Å². The van der Waals surface area contributed by atoms with Gasteiger partial charge in [-0.2, -0.15) is 0 Å². The van der Waals surface area contributed by atoms with E-state index in [9.17, 15) is 4.79 Å². The number of hydrogen-bond donors (Lipinski definition) is 2. The highest BCUT2D eigenvalue weighted by Gasteiger charge is 2.23. The maximum Gasteiger partial charge on any atom is 0.217 e. The maximum absolute atomic E-state index is 11.3. The van der Waals surface area contributed by atoms with Crippen LogP contribution in [0.4, 0.5) is 0 Å². The Balaban J connectivity index is 0.00000320. The predicted molar refractivity (Wildman–Crippen MR) is 130 cm³/mol. The van der Waals surface area contributed by atoms with E-state index in [1.54, 1.807) is 14.2 Å². The van der Waals surface area contributed by atoms with Crippen LogP contribution >= 0.6 is 24.0 Å². The first kappa shape index (κ1) is 24.6. The van der Waals surface area contributed by atoms with E-state index in [1.165, 1.54) is 12.8 Å². The number of methoxy groups -OCH3 is 1. The van der Waals surface area contributed by atoms with Crippen LogP contribution in [0.2, 0.25) is 0 Å². The summed E-state index contributed by atoms with van der Waals surface area (Å²) in [5, 5.41) is 3.44. The molecule has 0 aromatic heterocycles. The first-order chi connectivity index (χ1) is 14.1. The largest absolute Gasteiger partial charge is 0.493 e. The minimum Gasteiger partial charge on any atom is -0.493 e. The van der Waals surface area contributed by atoms with Crippen molar-refractivity contribution in [3.63, 3.8) is 0 Å². The molecule has 168 valence electrons. The SMILES string of the molecule is CN=C(NCc1ccc(OC2CCCC2)c(OC)c1)N1CCCC(CC(N)=O)C1.I. The summed E-state index contributed by atoms with van der Waals surface area (Å²) >= 11 is 0. The average Bonchev–Trinajstić information content (AvgIpc) is 3.22. The Morgan fingerprint density at radius 1 is 1.23 bits per heavy atom. The number of piperidine rings is 1. The van der Waals surface area contributed by atoms with Crippen LogP contribution in [0, 0.1) is 5.92 Å². The lowest BCUT2D eigenvalue weighted by Gasteiger charge is -2.34. The van der Waals surface area contributed by atoms with Crippen molar-refractivity contribution in [2.45, 2.75) is 57.6 Å². The van der Waals surface area contributed by atoms with Gasteiger partial charge in [0.1, 0.15) is 0 Å². The smallest absolute Gasteiger partial charge is 0.217 e. The van der Waals surface area contributed by atoms with Crippen LogP contribution in [0.15, 0.2) is 23.2 Å². The number of nitrogens with one attached hydrogen (secondary N) is 1. The summed E-state index contributed by atoms with van der Waals surface area (Å²) in [5.41, 5.74) is 6.48. The standard InChI is InChI=1S/C22H34N4O3.HI/c1-24-22(26-11-5-6-17(15-26)13-21(23)27)25-14-16-9-10-19(20(12-16)28-2)29-18-7-3-4-8-18;/h9-10,12,17-18H,3-8,11,13-15H2,1-2H3,(H2,23,27)(H,24,25);1H. The lowest BCUT2D eigenvalue weighted by atomic mass is 9.95. The van der Waals surface area contributed by atoms with Crippen molar-refractivity contribution >= 4 is 35.8 Å². The molecule has 0 spiro atoms. The van der Waals surface area contributed by atoms with Crippen molar-refractivity contribution in [3.05, 3.63) is 23.8 Å². The van der Waals surface area contributed by atoms with Gasteiger partial charge in [-0.25, -0.2) is 0 Å². The Morgan fingerprint density at radius 2 is 2.00 bits per heavy atom. The molecule has 1 heterocycles. The summed E-state index contributed by atoms with van der Waals surface area (Å²) in [6.07, 6.45) is 7.54. The van der Waals surface area contributed by atoms with Gasteiger partial charge in [-0.05, 0) is 62.1 Å². The zero-order valence-corrected chi connectivity index (χ0v) is 20.4. The number of rotatable bonds is 7. The number of nitrogens with zero attached hydrogens (tertiary/aromatic N) is 2. The normalized spacial score (nSPS) is 19.9. The Morgan fingerprint density at radius 3 is 2.67 bits per heavy atom. The third-order valence-electron chi connectivity index (χ3n) is 5.79. The van der Waals surface area contributed by atoms with E-state index in [0.717, 1.165) is 61.8 Å². The summed E-state index contributed by atoms with van der Waals surface area (Å²) in [4.78, 5) is 17.9. The number of aliphatic imine (C=N–C) groups is 1. The van der Waals surface area contributed by atoms with Gasteiger partial charge in [0.15, 0.2) is 17.5 Å². The lowest BCUT2D eigenvalue weighted by Crippen LogP contribution is -2.46. The van der Waals surface area contributed by atoms with Gasteiger partial charge in [0.05, 0.1) is 13.2 Å². The summed E-state index contributed by atoms with van der Waals surface area (Å²) in [6.45, 7) is 2.39. The molecular formula is C22H35IN4O3. The number of carbonyl (C=O) groups excluding carboxylic acids is 1. The molecule has 1 amide bonds. The first-order valence-electron chi connectivity index (χ1n) is 10.7.